The number of nitrogens with zero attached hydrogens (tertiary/aromatic N) is 4. The lowest BCUT2D eigenvalue weighted by molar-refractivity contribution is -0.182. The molecule has 1 aliphatic carbocycles. The first-order chi connectivity index (χ1) is 13.3. The normalized spacial score (nSPS) is 19.9. The van der Waals surface area contributed by atoms with E-state index in [-0.39, 0.29) is 48.1 Å². The van der Waals surface area contributed by atoms with Crippen LogP contribution in [0.4, 0.5) is 19.0 Å². The van der Waals surface area contributed by atoms with Crippen molar-refractivity contribution >= 4 is 17.4 Å². The van der Waals surface area contributed by atoms with E-state index in [1.807, 2.05) is 6.07 Å². The number of pyridine rings is 1. The standard InChI is InChI=1S/C18H17ClF3N5O/c1-24-16-14(19)17(28)26-15(10-2-4-11(5-3-10)18(20,21)22)27(16)13-7-6-12(8-23)25-9-13/h6-7,9-11,24H,2-5H2,1H3/t10-,11+. The number of anilines is 1. The van der Waals surface area contributed by atoms with Gasteiger partial charge in [-0.15, -0.1) is 0 Å². The van der Waals surface area contributed by atoms with Gasteiger partial charge in [-0.1, -0.05) is 11.6 Å². The molecule has 0 bridgehead atoms. The van der Waals surface area contributed by atoms with Crippen molar-refractivity contribution in [1.29, 1.82) is 5.26 Å². The zero-order valence-electron chi connectivity index (χ0n) is 14.9. The molecule has 0 aromatic carbocycles. The number of alkyl halides is 3. The summed E-state index contributed by atoms with van der Waals surface area (Å²) in [7, 11) is 1.58. The highest BCUT2D eigenvalue weighted by molar-refractivity contribution is 6.32. The molecule has 0 atom stereocenters. The quantitative estimate of drug-likeness (QED) is 0.824. The van der Waals surface area contributed by atoms with Crippen LogP contribution in [0.25, 0.3) is 5.69 Å². The second-order valence-corrected chi connectivity index (χ2v) is 7.00. The Bertz CT molecular complexity index is 957. The van der Waals surface area contributed by atoms with E-state index in [4.69, 9.17) is 16.9 Å². The Labute approximate surface area is 164 Å². The van der Waals surface area contributed by atoms with Gasteiger partial charge in [-0.2, -0.15) is 23.4 Å². The molecule has 10 heteroatoms. The van der Waals surface area contributed by atoms with E-state index in [9.17, 15) is 18.0 Å². The summed E-state index contributed by atoms with van der Waals surface area (Å²) >= 11 is 6.12. The molecule has 0 unspecified atom stereocenters. The smallest absolute Gasteiger partial charge is 0.373 e. The van der Waals surface area contributed by atoms with E-state index in [1.165, 1.54) is 12.3 Å². The molecular formula is C18H17ClF3N5O. The summed E-state index contributed by atoms with van der Waals surface area (Å²) in [6.07, 6.45) is -2.31. The van der Waals surface area contributed by atoms with Crippen LogP contribution in [0.3, 0.4) is 0 Å². The Hall–Kier alpha value is -2.60. The van der Waals surface area contributed by atoms with Crippen LogP contribution in [-0.4, -0.2) is 27.8 Å². The van der Waals surface area contributed by atoms with Crippen molar-refractivity contribution in [3.63, 3.8) is 0 Å². The topological polar surface area (TPSA) is 83.6 Å². The number of nitrogens with one attached hydrogen (secondary N) is 1. The molecule has 1 aliphatic rings. The minimum Gasteiger partial charge on any atom is -0.373 e. The van der Waals surface area contributed by atoms with Gasteiger partial charge in [0.2, 0.25) is 0 Å². The lowest BCUT2D eigenvalue weighted by Crippen LogP contribution is -2.30. The Balaban J connectivity index is 2.07. The summed E-state index contributed by atoms with van der Waals surface area (Å²) in [5.41, 5.74) is 0.0737. The van der Waals surface area contributed by atoms with Crippen LogP contribution in [0.5, 0.6) is 0 Å². The molecule has 1 saturated carbocycles. The SMILES string of the molecule is CNc1c(Cl)c(=O)nc([C@H]2CC[C@@H](C(F)(F)F)CC2)n1-c1ccc(C#N)nc1. The second-order valence-electron chi connectivity index (χ2n) is 6.63. The summed E-state index contributed by atoms with van der Waals surface area (Å²) < 4.78 is 40.6. The maximum atomic E-state index is 13.0. The number of rotatable bonds is 3. The largest absolute Gasteiger partial charge is 0.391 e. The number of halogens is 4. The van der Waals surface area contributed by atoms with Crippen LogP contribution in [0, 0.1) is 17.2 Å². The molecule has 2 heterocycles. The first-order valence-electron chi connectivity index (χ1n) is 8.69. The molecule has 28 heavy (non-hydrogen) atoms. The molecule has 3 rings (SSSR count). The van der Waals surface area contributed by atoms with Crippen molar-refractivity contribution in [2.45, 2.75) is 37.8 Å². The molecule has 148 valence electrons. The Kier molecular flexibility index (Phi) is 5.61. The van der Waals surface area contributed by atoms with E-state index in [1.54, 1.807) is 17.7 Å². The summed E-state index contributed by atoms with van der Waals surface area (Å²) in [5.74, 6) is -1.05. The second kappa shape index (κ2) is 7.80. The van der Waals surface area contributed by atoms with Gasteiger partial charge in [-0.3, -0.25) is 9.36 Å². The zero-order chi connectivity index (χ0) is 20.5. The zero-order valence-corrected chi connectivity index (χ0v) is 15.7. The average Bonchev–Trinajstić information content (AvgIpc) is 2.69. The fraction of sp³-hybridized carbons (Fsp3) is 0.444. The summed E-state index contributed by atoms with van der Waals surface area (Å²) in [4.78, 5) is 20.3. The third kappa shape index (κ3) is 3.83. The summed E-state index contributed by atoms with van der Waals surface area (Å²) in [5, 5.41) is 11.7. The molecule has 1 fully saturated rings. The van der Waals surface area contributed by atoms with E-state index >= 15 is 0 Å². The monoisotopic (exact) mass is 411 g/mol. The van der Waals surface area contributed by atoms with E-state index in [0.29, 0.717) is 11.5 Å². The van der Waals surface area contributed by atoms with Crippen LogP contribution >= 0.6 is 11.6 Å². The van der Waals surface area contributed by atoms with E-state index in [2.05, 4.69) is 15.3 Å². The molecule has 6 nitrogen and oxygen atoms in total. The minimum atomic E-state index is -4.22. The number of nitriles is 1. The van der Waals surface area contributed by atoms with Gasteiger partial charge in [0.25, 0.3) is 5.56 Å². The lowest BCUT2D eigenvalue weighted by Gasteiger charge is -2.31. The Morgan fingerprint density at radius 1 is 1.29 bits per heavy atom. The Morgan fingerprint density at radius 2 is 1.96 bits per heavy atom. The van der Waals surface area contributed by atoms with Crippen LogP contribution in [-0.2, 0) is 0 Å². The lowest BCUT2D eigenvalue weighted by atomic mass is 9.81. The van der Waals surface area contributed by atoms with Crippen molar-refractivity contribution in [3.05, 3.63) is 45.2 Å². The average molecular weight is 412 g/mol. The highest BCUT2D eigenvalue weighted by Crippen LogP contribution is 2.43. The van der Waals surface area contributed by atoms with Gasteiger partial charge >= 0.3 is 6.18 Å². The van der Waals surface area contributed by atoms with Gasteiger partial charge in [0, 0.05) is 13.0 Å². The third-order valence-corrected chi connectivity index (χ3v) is 5.32. The molecule has 0 saturated heterocycles. The van der Waals surface area contributed by atoms with Gasteiger partial charge in [-0.25, -0.2) is 4.98 Å². The molecule has 2 aromatic rings. The van der Waals surface area contributed by atoms with Crippen molar-refractivity contribution in [3.8, 4) is 11.8 Å². The maximum absolute atomic E-state index is 13.0. The molecule has 1 N–H and O–H groups in total. The fourth-order valence-electron chi connectivity index (χ4n) is 3.54. The van der Waals surface area contributed by atoms with Crippen molar-refractivity contribution in [2.75, 3.05) is 12.4 Å². The molecule has 2 aromatic heterocycles. The number of hydrogen-bond donors (Lipinski definition) is 1. The summed E-state index contributed by atoms with van der Waals surface area (Å²) in [6.45, 7) is 0. The van der Waals surface area contributed by atoms with E-state index in [0.717, 1.165) is 0 Å². The van der Waals surface area contributed by atoms with Gasteiger partial charge in [-0.05, 0) is 37.8 Å². The van der Waals surface area contributed by atoms with Crippen LogP contribution in [0.15, 0.2) is 23.1 Å². The fourth-order valence-corrected chi connectivity index (χ4v) is 3.76. The van der Waals surface area contributed by atoms with Gasteiger partial charge in [0.15, 0.2) is 0 Å². The molecule has 0 spiro atoms. The number of aromatic nitrogens is 3. The highest BCUT2D eigenvalue weighted by atomic mass is 35.5. The first kappa shape index (κ1) is 20.1. The predicted octanol–water partition coefficient (Wildman–Crippen LogP) is 4.03. The first-order valence-corrected chi connectivity index (χ1v) is 9.07. The van der Waals surface area contributed by atoms with Gasteiger partial charge in [0.05, 0.1) is 17.8 Å². The van der Waals surface area contributed by atoms with Crippen LogP contribution in [0.1, 0.15) is 43.1 Å². The summed E-state index contributed by atoms with van der Waals surface area (Å²) in [6, 6.07) is 5.05. The van der Waals surface area contributed by atoms with Crippen molar-refractivity contribution in [2.24, 2.45) is 5.92 Å². The van der Waals surface area contributed by atoms with Crippen molar-refractivity contribution in [1.82, 2.24) is 14.5 Å². The molecular weight excluding hydrogens is 395 g/mol. The van der Waals surface area contributed by atoms with Crippen LogP contribution in [0.2, 0.25) is 5.02 Å². The number of hydrogen-bond acceptors (Lipinski definition) is 5. The molecule has 0 radical (unpaired) electrons. The van der Waals surface area contributed by atoms with Crippen LogP contribution < -0.4 is 10.9 Å². The Morgan fingerprint density at radius 3 is 2.46 bits per heavy atom. The molecule has 0 aliphatic heterocycles. The maximum Gasteiger partial charge on any atom is 0.391 e. The minimum absolute atomic E-state index is 0.0207. The van der Waals surface area contributed by atoms with Gasteiger partial charge < -0.3 is 5.32 Å². The van der Waals surface area contributed by atoms with Crippen molar-refractivity contribution < 1.29 is 13.2 Å². The third-order valence-electron chi connectivity index (χ3n) is 4.98. The molecule has 0 amide bonds. The highest BCUT2D eigenvalue weighted by Gasteiger charge is 2.42. The predicted molar refractivity (Wildman–Crippen MR) is 97.7 cm³/mol. The van der Waals surface area contributed by atoms with Gasteiger partial charge in [0.1, 0.15) is 28.4 Å². The van der Waals surface area contributed by atoms with E-state index < -0.39 is 17.7 Å².